The minimum atomic E-state index is -4.69. The highest BCUT2D eigenvalue weighted by Gasteiger charge is 2.51. The van der Waals surface area contributed by atoms with Gasteiger partial charge in [0.05, 0.1) is 33.5 Å². The Hall–Kier alpha value is -3.87. The van der Waals surface area contributed by atoms with E-state index in [1.165, 1.54) is 47.8 Å². The lowest BCUT2D eigenvalue weighted by molar-refractivity contribution is -0.137. The van der Waals surface area contributed by atoms with Crippen LogP contribution in [0.1, 0.15) is 46.6 Å². The lowest BCUT2D eigenvalue weighted by Crippen LogP contribution is -2.49. The summed E-state index contributed by atoms with van der Waals surface area (Å²) < 4.78 is 84.4. The fourth-order valence-corrected chi connectivity index (χ4v) is 7.64. The number of fused-ring (bicyclic) bond motifs is 2. The molecule has 0 saturated heterocycles. The van der Waals surface area contributed by atoms with Gasteiger partial charge in [-0.15, -0.1) is 0 Å². The maximum absolute atomic E-state index is 14.4. The lowest BCUT2D eigenvalue weighted by atomic mass is 9.60. The van der Waals surface area contributed by atoms with Crippen molar-refractivity contribution in [1.29, 1.82) is 0 Å². The molecule has 1 saturated carbocycles. The lowest BCUT2D eigenvalue weighted by Gasteiger charge is -2.45. The van der Waals surface area contributed by atoms with Crippen LogP contribution >= 0.6 is 11.6 Å². The van der Waals surface area contributed by atoms with Gasteiger partial charge in [0.15, 0.2) is 5.78 Å². The van der Waals surface area contributed by atoms with Crippen LogP contribution in [-0.4, -0.2) is 46.4 Å². The third kappa shape index (κ3) is 5.24. The highest BCUT2D eigenvalue weighted by molar-refractivity contribution is 7.89. The van der Waals surface area contributed by atoms with Crippen molar-refractivity contribution in [3.63, 3.8) is 0 Å². The van der Waals surface area contributed by atoms with E-state index in [0.717, 1.165) is 18.3 Å². The first-order valence-electron chi connectivity index (χ1n) is 13.7. The molecular weight excluding hydrogens is 620 g/mol. The maximum atomic E-state index is 14.4. The minimum absolute atomic E-state index is 0.0140. The molecule has 2 atom stereocenters. The van der Waals surface area contributed by atoms with Gasteiger partial charge >= 0.3 is 6.18 Å². The number of aromatic nitrogens is 3. The zero-order valence-corrected chi connectivity index (χ0v) is 24.8. The Morgan fingerprint density at radius 2 is 1.80 bits per heavy atom. The molecule has 6 rings (SSSR count). The van der Waals surface area contributed by atoms with E-state index in [2.05, 4.69) is 10.1 Å². The van der Waals surface area contributed by atoms with Gasteiger partial charge in [-0.1, -0.05) is 17.2 Å². The smallest absolute Gasteiger partial charge is 0.291 e. The number of pyridine rings is 1. The number of hydrogen-bond donors (Lipinski definition) is 0. The van der Waals surface area contributed by atoms with E-state index in [9.17, 15) is 30.8 Å². The van der Waals surface area contributed by atoms with Crippen molar-refractivity contribution in [3.8, 4) is 5.69 Å². The molecule has 0 spiro atoms. The van der Waals surface area contributed by atoms with E-state index in [1.54, 1.807) is 29.1 Å². The second-order valence-corrected chi connectivity index (χ2v) is 13.4. The third-order valence-electron chi connectivity index (χ3n) is 8.47. The van der Waals surface area contributed by atoms with Crippen molar-refractivity contribution < 1.29 is 30.8 Å². The number of alkyl halides is 3. The SMILES string of the molecule is CN([C@H]1CCC2=Cc3c(cnn3-c3ccc(F)cc3)C[C@]2(C(=O)c2cc(C(F)(F)F)ccn2)C1)S(=O)(=O)c1ccc(Cl)cc1. The first kappa shape index (κ1) is 30.2. The Morgan fingerprint density at radius 1 is 1.09 bits per heavy atom. The Kier molecular flexibility index (Phi) is 7.50. The van der Waals surface area contributed by atoms with Gasteiger partial charge in [-0.25, -0.2) is 17.5 Å². The van der Waals surface area contributed by atoms with E-state index in [-0.39, 0.29) is 23.4 Å². The molecule has 2 aromatic carbocycles. The number of sulfonamides is 1. The largest absolute Gasteiger partial charge is 0.416 e. The number of allylic oxidation sites excluding steroid dienone is 1. The van der Waals surface area contributed by atoms with Crippen molar-refractivity contribution >= 4 is 33.5 Å². The Labute approximate surface area is 255 Å². The van der Waals surface area contributed by atoms with Gasteiger partial charge in [0.1, 0.15) is 11.5 Å². The average Bonchev–Trinajstić information content (AvgIpc) is 3.41. The molecule has 2 aliphatic carbocycles. The quantitative estimate of drug-likeness (QED) is 0.171. The second-order valence-electron chi connectivity index (χ2n) is 11.0. The van der Waals surface area contributed by atoms with Gasteiger partial charge in [-0.3, -0.25) is 9.78 Å². The van der Waals surface area contributed by atoms with Crippen LogP contribution in [0.5, 0.6) is 0 Å². The van der Waals surface area contributed by atoms with E-state index < -0.39 is 44.8 Å². The topological polar surface area (TPSA) is 85.2 Å². The normalized spacial score (nSPS) is 20.2. The third-order valence-corrected chi connectivity index (χ3v) is 10.6. The monoisotopic (exact) mass is 644 g/mol. The van der Waals surface area contributed by atoms with Crippen LogP contribution in [0.2, 0.25) is 5.02 Å². The molecule has 4 aromatic rings. The number of hydrogen-bond acceptors (Lipinski definition) is 5. The van der Waals surface area contributed by atoms with Gasteiger partial charge in [0.25, 0.3) is 0 Å². The molecule has 0 bridgehead atoms. The number of halogens is 5. The van der Waals surface area contributed by atoms with Crippen LogP contribution in [-0.2, 0) is 22.6 Å². The summed E-state index contributed by atoms with van der Waals surface area (Å²) in [6.07, 6.45) is 0.366. The van der Waals surface area contributed by atoms with Crippen molar-refractivity contribution in [1.82, 2.24) is 19.1 Å². The Bertz CT molecular complexity index is 1890. The molecule has 2 aliphatic rings. The van der Waals surface area contributed by atoms with E-state index in [0.29, 0.717) is 40.4 Å². The molecule has 13 heteroatoms. The number of Topliss-reactive ketones (excluding diaryl/α,β-unsaturated/α-hetero) is 1. The summed E-state index contributed by atoms with van der Waals surface area (Å²) in [5.41, 5.74) is -0.211. The van der Waals surface area contributed by atoms with Crippen molar-refractivity contribution in [2.45, 2.75) is 42.8 Å². The average molecular weight is 645 g/mol. The molecular formula is C31H25ClF4N4O3S. The van der Waals surface area contributed by atoms with E-state index in [1.807, 2.05) is 0 Å². The summed E-state index contributed by atoms with van der Waals surface area (Å²) in [6, 6.07) is 12.3. The summed E-state index contributed by atoms with van der Waals surface area (Å²) in [5, 5.41) is 4.83. The number of ketones is 1. The van der Waals surface area contributed by atoms with Gasteiger partial charge < -0.3 is 0 Å². The van der Waals surface area contributed by atoms with Crippen LogP contribution in [0.25, 0.3) is 11.8 Å². The molecule has 228 valence electrons. The molecule has 0 radical (unpaired) electrons. The fourth-order valence-electron chi connectivity index (χ4n) is 6.13. The van der Waals surface area contributed by atoms with Crippen molar-refractivity contribution in [2.75, 3.05) is 7.05 Å². The van der Waals surface area contributed by atoms with Gasteiger partial charge in [-0.05, 0) is 98.0 Å². The molecule has 1 fully saturated rings. The molecule has 44 heavy (non-hydrogen) atoms. The molecule has 0 amide bonds. The van der Waals surface area contributed by atoms with Crippen molar-refractivity contribution in [3.05, 3.63) is 112 Å². The molecule has 7 nitrogen and oxygen atoms in total. The number of carbonyl (C=O) groups is 1. The highest BCUT2D eigenvalue weighted by Crippen LogP contribution is 2.51. The number of carbonyl (C=O) groups excluding carboxylic acids is 1. The maximum Gasteiger partial charge on any atom is 0.416 e. The fraction of sp³-hybridized carbons (Fsp3) is 0.258. The van der Waals surface area contributed by atoms with Gasteiger partial charge in [-0.2, -0.15) is 22.6 Å². The van der Waals surface area contributed by atoms with Crippen LogP contribution in [0.3, 0.4) is 0 Å². The second kappa shape index (κ2) is 10.9. The molecule has 0 unspecified atom stereocenters. The molecule has 2 aromatic heterocycles. The van der Waals surface area contributed by atoms with E-state index >= 15 is 0 Å². The zero-order chi connectivity index (χ0) is 31.4. The van der Waals surface area contributed by atoms with Crippen LogP contribution in [0.4, 0.5) is 17.6 Å². The molecule has 2 heterocycles. The molecule has 0 N–H and O–H groups in total. The summed E-state index contributed by atoms with van der Waals surface area (Å²) in [7, 11) is -2.56. The predicted molar refractivity (Wildman–Crippen MR) is 155 cm³/mol. The minimum Gasteiger partial charge on any atom is -0.291 e. The van der Waals surface area contributed by atoms with E-state index in [4.69, 9.17) is 11.6 Å². The standard InChI is InChI=1S/C31H25ClF4N4O3S/c1-39(44(42,43)26-10-3-22(32)4-11-26)25-7-2-20-15-28-19(18-38-40(28)24-8-5-23(33)6-9-24)16-30(20,17-25)29(41)27-14-21(12-13-37-27)31(34,35)36/h3-6,8-15,18,25H,2,7,16-17H2,1H3/t25-,30-/m0/s1. The summed E-state index contributed by atoms with van der Waals surface area (Å²) in [6.45, 7) is 0. The van der Waals surface area contributed by atoms with Crippen molar-refractivity contribution in [2.24, 2.45) is 5.41 Å². The van der Waals surface area contributed by atoms with Gasteiger partial charge in [0.2, 0.25) is 10.0 Å². The summed E-state index contributed by atoms with van der Waals surface area (Å²) in [4.78, 5) is 18.4. The number of rotatable bonds is 6. The number of nitrogens with zero attached hydrogens (tertiary/aromatic N) is 4. The van der Waals surface area contributed by atoms with Crippen LogP contribution < -0.4 is 0 Å². The summed E-state index contributed by atoms with van der Waals surface area (Å²) >= 11 is 5.95. The summed E-state index contributed by atoms with van der Waals surface area (Å²) in [5.74, 6) is -1.04. The predicted octanol–water partition coefficient (Wildman–Crippen LogP) is 6.76. The Morgan fingerprint density at radius 3 is 2.48 bits per heavy atom. The molecule has 0 aliphatic heterocycles. The first-order chi connectivity index (χ1) is 20.8. The number of benzene rings is 2. The van der Waals surface area contributed by atoms with Gasteiger partial charge in [0, 0.05) is 24.3 Å². The zero-order valence-electron chi connectivity index (χ0n) is 23.2. The van der Waals surface area contributed by atoms with Crippen LogP contribution in [0, 0.1) is 11.2 Å². The Balaban J connectivity index is 1.43. The van der Waals surface area contributed by atoms with Crippen LogP contribution in [0.15, 0.2) is 83.5 Å². The first-order valence-corrected chi connectivity index (χ1v) is 15.5. The highest BCUT2D eigenvalue weighted by atomic mass is 35.5.